The van der Waals surface area contributed by atoms with Crippen molar-refractivity contribution in [2.75, 3.05) is 0 Å². The molecular weight excluding hydrogens is 388 g/mol. The largest absolute Gasteiger partial charge is 0.364 e. The number of fused-ring (bicyclic) bond motifs is 1. The highest BCUT2D eigenvalue weighted by Gasteiger charge is 2.50. The van der Waals surface area contributed by atoms with Gasteiger partial charge < -0.3 is 10.7 Å². The summed E-state index contributed by atoms with van der Waals surface area (Å²) in [6, 6.07) is 2.98. The summed E-state index contributed by atoms with van der Waals surface area (Å²) < 4.78 is 29.9. The number of halogens is 2. The van der Waals surface area contributed by atoms with Crippen molar-refractivity contribution >= 4 is 16.8 Å². The summed E-state index contributed by atoms with van der Waals surface area (Å²) in [6.45, 7) is 1.84. The Kier molecular flexibility index (Phi) is 5.64. The number of aromatic amines is 1. The summed E-state index contributed by atoms with van der Waals surface area (Å²) in [7, 11) is 0. The van der Waals surface area contributed by atoms with E-state index in [2.05, 4.69) is 9.97 Å². The highest BCUT2D eigenvalue weighted by molar-refractivity contribution is 6.03. The molecular formula is C23H29F2N3O2. The van der Waals surface area contributed by atoms with E-state index in [0.717, 1.165) is 25.7 Å². The molecule has 3 unspecified atom stereocenters. The van der Waals surface area contributed by atoms with Gasteiger partial charge in [-0.1, -0.05) is 39.0 Å². The van der Waals surface area contributed by atoms with Gasteiger partial charge in [0.05, 0.1) is 10.9 Å². The molecule has 2 saturated carbocycles. The van der Waals surface area contributed by atoms with Gasteiger partial charge >= 0.3 is 0 Å². The Morgan fingerprint density at radius 3 is 2.70 bits per heavy atom. The van der Waals surface area contributed by atoms with Crippen LogP contribution in [0, 0.1) is 17.8 Å². The van der Waals surface area contributed by atoms with E-state index >= 15 is 0 Å². The fourth-order valence-corrected chi connectivity index (χ4v) is 5.77. The van der Waals surface area contributed by atoms with Crippen LogP contribution >= 0.6 is 0 Å². The van der Waals surface area contributed by atoms with Crippen LogP contribution in [0.25, 0.3) is 10.9 Å². The van der Waals surface area contributed by atoms with E-state index in [-0.39, 0.29) is 23.4 Å². The summed E-state index contributed by atoms with van der Waals surface area (Å²) in [6.07, 6.45) is 7.73. The van der Waals surface area contributed by atoms with Gasteiger partial charge in [-0.2, -0.15) is 0 Å². The highest BCUT2D eigenvalue weighted by atomic mass is 19.3. The van der Waals surface area contributed by atoms with Gasteiger partial charge in [-0.15, -0.1) is 0 Å². The maximum Gasteiger partial charge on any atom is 0.268 e. The molecule has 0 aromatic carbocycles. The van der Waals surface area contributed by atoms with Crippen LogP contribution in [-0.2, 0) is 0 Å². The molecule has 3 N–H and O–H groups in total. The molecule has 0 radical (unpaired) electrons. The summed E-state index contributed by atoms with van der Waals surface area (Å²) in [5, 5.41) is 0.122. The predicted octanol–water partition coefficient (Wildman–Crippen LogP) is 4.76. The molecule has 0 bridgehead atoms. The summed E-state index contributed by atoms with van der Waals surface area (Å²) in [5.41, 5.74) is 5.83. The highest BCUT2D eigenvalue weighted by Crippen LogP contribution is 2.53. The number of hydrogen-bond acceptors (Lipinski definition) is 3. The van der Waals surface area contributed by atoms with E-state index in [1.165, 1.54) is 18.7 Å². The van der Waals surface area contributed by atoms with Gasteiger partial charge in [0.25, 0.3) is 11.8 Å². The average Bonchev–Trinajstić information content (AvgIpc) is 2.73. The molecule has 0 aliphatic heterocycles. The molecule has 2 aliphatic rings. The molecule has 4 rings (SSSR count). The van der Waals surface area contributed by atoms with Gasteiger partial charge in [-0.3, -0.25) is 14.6 Å². The number of aromatic nitrogens is 2. The lowest BCUT2D eigenvalue weighted by atomic mass is 9.62. The summed E-state index contributed by atoms with van der Waals surface area (Å²) >= 11 is 0. The van der Waals surface area contributed by atoms with E-state index in [1.807, 2.05) is 6.92 Å². The molecule has 30 heavy (non-hydrogen) atoms. The number of carbonyl (C=O) groups is 1. The van der Waals surface area contributed by atoms with Crippen LogP contribution in [0.15, 0.2) is 23.1 Å². The molecule has 2 aromatic heterocycles. The Balaban J connectivity index is 1.79. The zero-order valence-electron chi connectivity index (χ0n) is 17.3. The maximum atomic E-state index is 15.0. The minimum atomic E-state index is -2.76. The fourth-order valence-electron chi connectivity index (χ4n) is 5.77. The van der Waals surface area contributed by atoms with Crippen molar-refractivity contribution in [3.63, 3.8) is 0 Å². The van der Waals surface area contributed by atoms with Crippen molar-refractivity contribution in [1.29, 1.82) is 0 Å². The topological polar surface area (TPSA) is 88.8 Å². The van der Waals surface area contributed by atoms with Crippen LogP contribution in [0.4, 0.5) is 8.78 Å². The second-order valence-electron chi connectivity index (χ2n) is 9.01. The number of H-pyrrole nitrogens is 1. The number of nitrogens with one attached hydrogen (secondary N) is 1. The smallest absolute Gasteiger partial charge is 0.268 e. The monoisotopic (exact) mass is 417 g/mol. The maximum absolute atomic E-state index is 15.0. The SMILES string of the molecule is CCC1CC(C2CCCCC2)C(c2cc(=O)c3c(C(N)=O)nccc3[nH]2)CC1(F)F. The second kappa shape index (κ2) is 8.08. The van der Waals surface area contributed by atoms with Crippen LogP contribution in [-0.4, -0.2) is 21.8 Å². The summed E-state index contributed by atoms with van der Waals surface area (Å²) in [4.78, 5) is 31.7. The van der Waals surface area contributed by atoms with Crippen LogP contribution in [0.2, 0.25) is 0 Å². The quantitative estimate of drug-likeness (QED) is 0.752. The zero-order valence-corrected chi connectivity index (χ0v) is 17.3. The van der Waals surface area contributed by atoms with Crippen molar-refractivity contribution in [2.45, 2.75) is 70.1 Å². The third kappa shape index (κ3) is 3.74. The zero-order chi connectivity index (χ0) is 21.5. The van der Waals surface area contributed by atoms with E-state index in [1.54, 1.807) is 6.07 Å². The lowest BCUT2D eigenvalue weighted by molar-refractivity contribution is -0.115. The molecule has 3 atom stereocenters. The van der Waals surface area contributed by atoms with Gasteiger partial charge in [0.1, 0.15) is 5.69 Å². The van der Waals surface area contributed by atoms with Gasteiger partial charge in [-0.05, 0) is 30.7 Å². The third-order valence-electron chi connectivity index (χ3n) is 7.31. The first-order chi connectivity index (χ1) is 14.3. The normalized spacial score (nSPS) is 27.2. The van der Waals surface area contributed by atoms with Crippen LogP contribution in [0.3, 0.4) is 0 Å². The number of carbonyl (C=O) groups excluding carboxylic acids is 1. The number of alkyl halides is 2. The number of nitrogens with zero attached hydrogens (tertiary/aromatic N) is 1. The fraction of sp³-hybridized carbons (Fsp3) is 0.609. The number of nitrogens with two attached hydrogens (primary N) is 1. The molecule has 162 valence electrons. The van der Waals surface area contributed by atoms with Crippen LogP contribution in [0.1, 0.15) is 80.4 Å². The lowest BCUT2D eigenvalue weighted by Gasteiger charge is -2.45. The Bertz CT molecular complexity index is 998. The molecule has 1 amide bonds. The molecule has 2 aromatic rings. The Morgan fingerprint density at radius 2 is 2.03 bits per heavy atom. The molecule has 5 nitrogen and oxygen atoms in total. The predicted molar refractivity (Wildman–Crippen MR) is 112 cm³/mol. The van der Waals surface area contributed by atoms with Crippen molar-refractivity contribution in [2.24, 2.45) is 23.5 Å². The molecule has 0 spiro atoms. The van der Waals surface area contributed by atoms with E-state index in [9.17, 15) is 18.4 Å². The molecule has 2 heterocycles. The molecule has 2 fully saturated rings. The van der Waals surface area contributed by atoms with Crippen molar-refractivity contribution in [3.8, 4) is 0 Å². The van der Waals surface area contributed by atoms with E-state index < -0.39 is 29.1 Å². The number of primary amides is 1. The van der Waals surface area contributed by atoms with Gasteiger partial charge in [0, 0.05) is 36.2 Å². The Morgan fingerprint density at radius 1 is 1.30 bits per heavy atom. The second-order valence-corrected chi connectivity index (χ2v) is 9.01. The Hall–Kier alpha value is -2.31. The van der Waals surface area contributed by atoms with Crippen molar-refractivity contribution < 1.29 is 13.6 Å². The number of pyridine rings is 2. The van der Waals surface area contributed by atoms with Gasteiger partial charge in [0.2, 0.25) is 0 Å². The average molecular weight is 418 g/mol. The lowest BCUT2D eigenvalue weighted by Crippen LogP contribution is -2.42. The van der Waals surface area contributed by atoms with Crippen LogP contribution < -0.4 is 11.2 Å². The van der Waals surface area contributed by atoms with Gasteiger partial charge in [0.15, 0.2) is 5.43 Å². The molecule has 7 heteroatoms. The van der Waals surface area contributed by atoms with Crippen molar-refractivity contribution in [1.82, 2.24) is 9.97 Å². The first-order valence-corrected chi connectivity index (χ1v) is 11.0. The first-order valence-electron chi connectivity index (χ1n) is 11.0. The number of rotatable bonds is 4. The minimum absolute atomic E-state index is 0.0934. The minimum Gasteiger partial charge on any atom is -0.364 e. The first kappa shape index (κ1) is 20.9. The summed E-state index contributed by atoms with van der Waals surface area (Å²) in [5.74, 6) is -4.03. The standard InChI is InChI=1S/C23H29F2N3O2/c1-2-14-10-15(13-6-4-3-5-7-13)16(12-23(14,24)25)18-11-19(29)20-17(28-18)8-9-27-21(20)22(26)30/h8-9,11,13-16H,2-7,10,12H2,1H3,(H2,26,30)(H,28,29). The number of hydrogen-bond donors (Lipinski definition) is 2. The third-order valence-corrected chi connectivity index (χ3v) is 7.31. The number of amides is 1. The Labute approximate surface area is 174 Å². The molecule has 0 saturated heterocycles. The van der Waals surface area contributed by atoms with Gasteiger partial charge in [-0.25, -0.2) is 8.78 Å². The van der Waals surface area contributed by atoms with E-state index in [0.29, 0.717) is 30.0 Å². The molecule has 2 aliphatic carbocycles. The van der Waals surface area contributed by atoms with Crippen LogP contribution in [0.5, 0.6) is 0 Å². The van der Waals surface area contributed by atoms with Crippen molar-refractivity contribution in [3.05, 3.63) is 39.9 Å². The van der Waals surface area contributed by atoms with E-state index in [4.69, 9.17) is 5.73 Å².